The molecule has 0 bridgehead atoms. The third kappa shape index (κ3) is 2.09. The standard InChI is InChI=1S/C8H15FN2O2/c1-10(2)7-6(9)4-3-5-11(7)8(12)13/h6-7H,3-5H2,1-2H3,(H,12,13). The summed E-state index contributed by atoms with van der Waals surface area (Å²) in [6.45, 7) is 0.429. The Labute approximate surface area is 76.9 Å². The van der Waals surface area contributed by atoms with Crippen molar-refractivity contribution in [1.82, 2.24) is 9.80 Å². The molecule has 2 atom stereocenters. The van der Waals surface area contributed by atoms with Crippen molar-refractivity contribution in [1.29, 1.82) is 0 Å². The fourth-order valence-corrected chi connectivity index (χ4v) is 1.74. The highest BCUT2D eigenvalue weighted by molar-refractivity contribution is 5.65. The molecule has 1 aliphatic rings. The Morgan fingerprint density at radius 2 is 2.23 bits per heavy atom. The third-order valence-corrected chi connectivity index (χ3v) is 2.30. The minimum absolute atomic E-state index is 0.429. The minimum atomic E-state index is -1.07. The summed E-state index contributed by atoms with van der Waals surface area (Å²) >= 11 is 0. The molecule has 2 unspecified atom stereocenters. The van der Waals surface area contributed by atoms with E-state index in [0.717, 1.165) is 4.90 Å². The summed E-state index contributed by atoms with van der Waals surface area (Å²) in [5.41, 5.74) is 0. The largest absolute Gasteiger partial charge is 0.465 e. The number of carbonyl (C=O) groups is 1. The van der Waals surface area contributed by atoms with Gasteiger partial charge in [-0.3, -0.25) is 9.80 Å². The molecule has 0 aromatic rings. The summed E-state index contributed by atoms with van der Waals surface area (Å²) in [6, 6.07) is 0. The van der Waals surface area contributed by atoms with E-state index >= 15 is 0 Å². The average molecular weight is 190 g/mol. The molecule has 4 nitrogen and oxygen atoms in total. The summed E-state index contributed by atoms with van der Waals surface area (Å²) in [6.07, 6.45) is -1.67. The Bertz CT molecular complexity index is 199. The first-order chi connectivity index (χ1) is 6.04. The van der Waals surface area contributed by atoms with Crippen molar-refractivity contribution in [3.8, 4) is 0 Å². The second-order valence-electron chi connectivity index (χ2n) is 3.51. The number of likely N-dealkylation sites (tertiary alicyclic amines) is 1. The lowest BCUT2D eigenvalue weighted by atomic mass is 10.1. The first kappa shape index (κ1) is 10.2. The maximum atomic E-state index is 13.4. The van der Waals surface area contributed by atoms with Crippen LogP contribution in [0.5, 0.6) is 0 Å². The van der Waals surface area contributed by atoms with Gasteiger partial charge in [-0.15, -0.1) is 0 Å². The second-order valence-corrected chi connectivity index (χ2v) is 3.51. The summed E-state index contributed by atoms with van der Waals surface area (Å²) in [7, 11) is 3.39. The zero-order chi connectivity index (χ0) is 10.0. The molecular formula is C8H15FN2O2. The first-order valence-corrected chi connectivity index (χ1v) is 4.34. The molecule has 1 heterocycles. The van der Waals surface area contributed by atoms with Crippen molar-refractivity contribution in [3.63, 3.8) is 0 Å². The van der Waals surface area contributed by atoms with Crippen molar-refractivity contribution in [2.75, 3.05) is 20.6 Å². The molecule has 1 N–H and O–H groups in total. The Morgan fingerprint density at radius 3 is 2.62 bits per heavy atom. The van der Waals surface area contributed by atoms with E-state index in [-0.39, 0.29) is 0 Å². The van der Waals surface area contributed by atoms with Crippen LogP contribution in [0.2, 0.25) is 0 Å². The van der Waals surface area contributed by atoms with Crippen molar-refractivity contribution in [3.05, 3.63) is 0 Å². The monoisotopic (exact) mass is 190 g/mol. The average Bonchev–Trinajstić information content (AvgIpc) is 2.02. The number of hydrogen-bond donors (Lipinski definition) is 1. The van der Waals surface area contributed by atoms with E-state index in [4.69, 9.17) is 5.11 Å². The number of amides is 1. The van der Waals surface area contributed by atoms with E-state index < -0.39 is 18.4 Å². The second kappa shape index (κ2) is 3.91. The van der Waals surface area contributed by atoms with Crippen LogP contribution in [0, 0.1) is 0 Å². The normalized spacial score (nSPS) is 29.4. The van der Waals surface area contributed by atoms with E-state index in [1.165, 1.54) is 0 Å². The lowest BCUT2D eigenvalue weighted by molar-refractivity contribution is -0.00701. The van der Waals surface area contributed by atoms with Gasteiger partial charge in [0.2, 0.25) is 0 Å². The Kier molecular flexibility index (Phi) is 3.08. The van der Waals surface area contributed by atoms with Crippen molar-refractivity contribution in [2.24, 2.45) is 0 Å². The number of hydrogen-bond acceptors (Lipinski definition) is 2. The Morgan fingerprint density at radius 1 is 1.62 bits per heavy atom. The maximum Gasteiger partial charge on any atom is 0.408 e. The van der Waals surface area contributed by atoms with Gasteiger partial charge >= 0.3 is 6.09 Å². The summed E-state index contributed by atoms with van der Waals surface area (Å²) < 4.78 is 13.4. The van der Waals surface area contributed by atoms with Gasteiger partial charge in [-0.05, 0) is 26.9 Å². The molecule has 0 aromatic heterocycles. The number of carboxylic acid groups (broad SMARTS) is 1. The Balaban J connectivity index is 2.74. The van der Waals surface area contributed by atoms with Crippen LogP contribution in [0.25, 0.3) is 0 Å². The molecule has 0 saturated carbocycles. The van der Waals surface area contributed by atoms with Gasteiger partial charge in [-0.2, -0.15) is 0 Å². The molecule has 13 heavy (non-hydrogen) atoms. The topological polar surface area (TPSA) is 43.8 Å². The molecule has 1 saturated heterocycles. The molecule has 0 spiro atoms. The molecule has 1 rings (SSSR count). The SMILES string of the molecule is CN(C)C1C(F)CCCN1C(=O)O. The summed E-state index contributed by atoms with van der Waals surface area (Å²) in [5, 5.41) is 8.81. The maximum absolute atomic E-state index is 13.4. The minimum Gasteiger partial charge on any atom is -0.465 e. The zero-order valence-electron chi connectivity index (χ0n) is 7.90. The molecule has 76 valence electrons. The van der Waals surface area contributed by atoms with Crippen molar-refractivity contribution < 1.29 is 14.3 Å². The van der Waals surface area contributed by atoms with Crippen LogP contribution in [0.4, 0.5) is 9.18 Å². The Hall–Kier alpha value is -0.840. The van der Waals surface area contributed by atoms with E-state index in [1.807, 2.05) is 0 Å². The molecule has 0 aliphatic carbocycles. The van der Waals surface area contributed by atoms with Crippen LogP contribution in [0.15, 0.2) is 0 Å². The number of halogens is 1. The van der Waals surface area contributed by atoms with Gasteiger partial charge in [-0.25, -0.2) is 9.18 Å². The van der Waals surface area contributed by atoms with Crippen LogP contribution in [0.3, 0.4) is 0 Å². The van der Waals surface area contributed by atoms with E-state index in [1.54, 1.807) is 19.0 Å². The molecule has 5 heteroatoms. The summed E-state index contributed by atoms with van der Waals surface area (Å²) in [4.78, 5) is 13.5. The van der Waals surface area contributed by atoms with Crippen molar-refractivity contribution in [2.45, 2.75) is 25.2 Å². The van der Waals surface area contributed by atoms with Crippen LogP contribution >= 0.6 is 0 Å². The van der Waals surface area contributed by atoms with E-state index in [0.29, 0.717) is 19.4 Å². The van der Waals surface area contributed by atoms with Crippen LogP contribution in [-0.4, -0.2) is 54.0 Å². The highest BCUT2D eigenvalue weighted by Gasteiger charge is 2.35. The van der Waals surface area contributed by atoms with Crippen molar-refractivity contribution >= 4 is 6.09 Å². The highest BCUT2D eigenvalue weighted by atomic mass is 19.1. The van der Waals surface area contributed by atoms with E-state index in [2.05, 4.69) is 0 Å². The zero-order valence-corrected chi connectivity index (χ0v) is 7.90. The lowest BCUT2D eigenvalue weighted by Gasteiger charge is -2.39. The fraction of sp³-hybridized carbons (Fsp3) is 0.875. The van der Waals surface area contributed by atoms with Crippen LogP contribution < -0.4 is 0 Å². The van der Waals surface area contributed by atoms with Gasteiger partial charge in [-0.1, -0.05) is 0 Å². The lowest BCUT2D eigenvalue weighted by Crippen LogP contribution is -2.55. The fourth-order valence-electron chi connectivity index (χ4n) is 1.74. The number of nitrogens with zero attached hydrogens (tertiary/aromatic N) is 2. The van der Waals surface area contributed by atoms with Gasteiger partial charge in [0.05, 0.1) is 0 Å². The highest BCUT2D eigenvalue weighted by Crippen LogP contribution is 2.21. The van der Waals surface area contributed by atoms with Crippen LogP contribution in [0.1, 0.15) is 12.8 Å². The predicted octanol–water partition coefficient (Wildman–Crippen LogP) is 0.986. The number of alkyl halides is 1. The number of rotatable bonds is 1. The van der Waals surface area contributed by atoms with Crippen LogP contribution in [-0.2, 0) is 0 Å². The van der Waals surface area contributed by atoms with Gasteiger partial charge in [0.1, 0.15) is 12.3 Å². The van der Waals surface area contributed by atoms with Gasteiger partial charge < -0.3 is 5.11 Å². The van der Waals surface area contributed by atoms with Gasteiger partial charge in [0.15, 0.2) is 0 Å². The van der Waals surface area contributed by atoms with Gasteiger partial charge in [0.25, 0.3) is 0 Å². The molecule has 1 aliphatic heterocycles. The number of piperidine rings is 1. The molecule has 0 aromatic carbocycles. The molecule has 0 radical (unpaired) electrons. The first-order valence-electron chi connectivity index (χ1n) is 4.34. The quantitative estimate of drug-likeness (QED) is 0.670. The molecular weight excluding hydrogens is 175 g/mol. The predicted molar refractivity (Wildman–Crippen MR) is 46.3 cm³/mol. The third-order valence-electron chi connectivity index (χ3n) is 2.30. The molecule has 1 amide bonds. The smallest absolute Gasteiger partial charge is 0.408 e. The van der Waals surface area contributed by atoms with E-state index in [9.17, 15) is 9.18 Å². The summed E-state index contributed by atoms with van der Waals surface area (Å²) in [5.74, 6) is 0. The molecule has 1 fully saturated rings. The van der Waals surface area contributed by atoms with Gasteiger partial charge in [0, 0.05) is 6.54 Å².